The summed E-state index contributed by atoms with van der Waals surface area (Å²) in [5.74, 6) is 0.553. The van der Waals surface area contributed by atoms with E-state index in [9.17, 15) is 4.79 Å². The van der Waals surface area contributed by atoms with Crippen LogP contribution in [0.15, 0.2) is 107 Å². The van der Waals surface area contributed by atoms with Crippen molar-refractivity contribution in [3.8, 4) is 17.1 Å². The first kappa shape index (κ1) is 20.7. The highest BCUT2D eigenvalue weighted by molar-refractivity contribution is 6.30. The lowest BCUT2D eigenvalue weighted by Crippen LogP contribution is -2.21. The van der Waals surface area contributed by atoms with E-state index in [2.05, 4.69) is 4.99 Å². The molecule has 6 heteroatoms. The molecule has 0 bridgehead atoms. The third-order valence-electron chi connectivity index (χ3n) is 5.29. The summed E-state index contributed by atoms with van der Waals surface area (Å²) in [5.41, 5.74) is 10.2. The van der Waals surface area contributed by atoms with Crippen molar-refractivity contribution in [1.29, 1.82) is 0 Å². The normalized spacial score (nSPS) is 11.3. The van der Waals surface area contributed by atoms with Crippen molar-refractivity contribution < 1.29 is 0 Å². The van der Waals surface area contributed by atoms with Crippen molar-refractivity contribution in [3.63, 3.8) is 0 Å². The molecule has 4 aromatic carbocycles. The van der Waals surface area contributed by atoms with Crippen LogP contribution in [0, 0.1) is 0 Å². The Balaban J connectivity index is 1.59. The molecule has 5 nitrogen and oxygen atoms in total. The quantitative estimate of drug-likeness (QED) is 0.268. The number of halogens is 1. The molecule has 0 radical (unpaired) electrons. The molecule has 2 N–H and O–H groups in total. The second kappa shape index (κ2) is 8.73. The number of para-hydroxylation sites is 1. The van der Waals surface area contributed by atoms with Crippen LogP contribution in [-0.4, -0.2) is 15.8 Å². The Morgan fingerprint density at radius 1 is 0.848 bits per heavy atom. The molecule has 0 saturated carbocycles. The lowest BCUT2D eigenvalue weighted by Gasteiger charge is -2.14. The van der Waals surface area contributed by atoms with Crippen LogP contribution in [0.1, 0.15) is 5.56 Å². The number of hydrogen-bond acceptors (Lipinski definition) is 4. The number of nitrogens with two attached hydrogens (primary N) is 1. The standard InChI is InChI=1S/C27H19ClN4O/c28-20-9-5-18(6-10-20)17-30-22-13-7-19(8-14-22)26-31-25-4-2-1-3-24(25)27(33)32(26)23-15-11-21(29)12-16-23/h1-17H,29H2. The predicted molar refractivity (Wildman–Crippen MR) is 136 cm³/mol. The van der Waals surface area contributed by atoms with Gasteiger partial charge >= 0.3 is 0 Å². The van der Waals surface area contributed by atoms with Crippen LogP contribution >= 0.6 is 11.6 Å². The van der Waals surface area contributed by atoms with Gasteiger partial charge in [-0.2, -0.15) is 0 Å². The van der Waals surface area contributed by atoms with Gasteiger partial charge in [-0.05, 0) is 78.4 Å². The summed E-state index contributed by atoms with van der Waals surface area (Å²) in [6.45, 7) is 0. The lowest BCUT2D eigenvalue weighted by molar-refractivity contribution is 0.976. The fraction of sp³-hybridized carbons (Fsp3) is 0. The Bertz CT molecular complexity index is 1520. The van der Waals surface area contributed by atoms with E-state index in [0.717, 1.165) is 16.8 Å². The molecule has 0 aliphatic carbocycles. The Morgan fingerprint density at radius 3 is 2.27 bits per heavy atom. The number of rotatable bonds is 4. The fourth-order valence-corrected chi connectivity index (χ4v) is 3.71. The lowest BCUT2D eigenvalue weighted by atomic mass is 10.1. The van der Waals surface area contributed by atoms with Gasteiger partial charge in [0.25, 0.3) is 5.56 Å². The van der Waals surface area contributed by atoms with Crippen molar-refractivity contribution in [2.24, 2.45) is 4.99 Å². The number of aliphatic imine (C=N–C) groups is 1. The molecule has 0 saturated heterocycles. The highest BCUT2D eigenvalue weighted by Crippen LogP contribution is 2.25. The summed E-state index contributed by atoms with van der Waals surface area (Å²) in [7, 11) is 0. The minimum Gasteiger partial charge on any atom is -0.399 e. The van der Waals surface area contributed by atoms with Gasteiger partial charge in [0.15, 0.2) is 0 Å². The van der Waals surface area contributed by atoms with E-state index in [0.29, 0.717) is 33.1 Å². The molecule has 0 unspecified atom stereocenters. The van der Waals surface area contributed by atoms with E-state index in [1.165, 1.54) is 0 Å². The number of nitrogens with zero attached hydrogens (tertiary/aromatic N) is 3. The smallest absolute Gasteiger partial charge is 0.266 e. The topological polar surface area (TPSA) is 73.3 Å². The Kier molecular flexibility index (Phi) is 5.47. The van der Waals surface area contributed by atoms with Gasteiger partial charge < -0.3 is 5.73 Å². The fourth-order valence-electron chi connectivity index (χ4n) is 3.58. The number of fused-ring (bicyclic) bond motifs is 1. The van der Waals surface area contributed by atoms with Gasteiger partial charge in [0.1, 0.15) is 5.82 Å². The number of nitrogen functional groups attached to an aromatic ring is 1. The van der Waals surface area contributed by atoms with Crippen LogP contribution in [0.25, 0.3) is 28.0 Å². The molecule has 160 valence electrons. The summed E-state index contributed by atoms with van der Waals surface area (Å²) in [6, 6.07) is 29.6. The monoisotopic (exact) mass is 450 g/mol. The third kappa shape index (κ3) is 4.27. The number of anilines is 1. The third-order valence-corrected chi connectivity index (χ3v) is 5.54. The molecule has 1 aromatic heterocycles. The van der Waals surface area contributed by atoms with Crippen LogP contribution in [0.5, 0.6) is 0 Å². The molecule has 0 aliphatic heterocycles. The molecule has 0 aliphatic rings. The minimum absolute atomic E-state index is 0.134. The Morgan fingerprint density at radius 2 is 1.55 bits per heavy atom. The first-order chi connectivity index (χ1) is 16.1. The molecule has 5 aromatic rings. The zero-order chi connectivity index (χ0) is 22.8. The zero-order valence-corrected chi connectivity index (χ0v) is 18.3. The maximum absolute atomic E-state index is 13.4. The van der Waals surface area contributed by atoms with Gasteiger partial charge in [-0.3, -0.25) is 14.4 Å². The van der Waals surface area contributed by atoms with Crippen molar-refractivity contribution in [3.05, 3.63) is 118 Å². The summed E-state index contributed by atoms with van der Waals surface area (Å²) in [6.07, 6.45) is 1.78. The second-order valence-corrected chi connectivity index (χ2v) is 7.98. The van der Waals surface area contributed by atoms with E-state index in [1.807, 2.05) is 78.9 Å². The first-order valence-corrected chi connectivity index (χ1v) is 10.7. The van der Waals surface area contributed by atoms with Gasteiger partial charge in [-0.15, -0.1) is 0 Å². The zero-order valence-electron chi connectivity index (χ0n) is 17.5. The maximum Gasteiger partial charge on any atom is 0.266 e. The van der Waals surface area contributed by atoms with Crippen molar-refractivity contribution in [1.82, 2.24) is 9.55 Å². The van der Waals surface area contributed by atoms with Crippen molar-refractivity contribution >= 4 is 40.1 Å². The molecule has 5 rings (SSSR count). The van der Waals surface area contributed by atoms with Crippen LogP contribution in [0.2, 0.25) is 5.02 Å². The maximum atomic E-state index is 13.4. The average molecular weight is 451 g/mol. The van der Waals surface area contributed by atoms with Crippen LogP contribution in [0.4, 0.5) is 11.4 Å². The van der Waals surface area contributed by atoms with Gasteiger partial charge in [0, 0.05) is 22.5 Å². The van der Waals surface area contributed by atoms with E-state index < -0.39 is 0 Å². The van der Waals surface area contributed by atoms with E-state index >= 15 is 0 Å². The molecule has 33 heavy (non-hydrogen) atoms. The SMILES string of the molecule is Nc1ccc(-n2c(-c3ccc(N=Cc4ccc(Cl)cc4)cc3)nc3ccccc3c2=O)cc1. The second-order valence-electron chi connectivity index (χ2n) is 7.54. The summed E-state index contributed by atoms with van der Waals surface area (Å²) >= 11 is 5.94. The van der Waals surface area contributed by atoms with E-state index in [-0.39, 0.29) is 5.56 Å². The molecule has 1 heterocycles. The first-order valence-electron chi connectivity index (χ1n) is 10.4. The number of aromatic nitrogens is 2. The Labute approximate surface area is 195 Å². The van der Waals surface area contributed by atoms with Crippen LogP contribution in [0.3, 0.4) is 0 Å². The molecule has 0 atom stereocenters. The predicted octanol–water partition coefficient (Wildman–Crippen LogP) is 6.04. The van der Waals surface area contributed by atoms with Gasteiger partial charge in [-0.1, -0.05) is 35.9 Å². The summed E-state index contributed by atoms with van der Waals surface area (Å²) in [5, 5.41) is 1.24. The van der Waals surface area contributed by atoms with Crippen molar-refractivity contribution in [2.45, 2.75) is 0 Å². The molecule has 0 spiro atoms. The summed E-state index contributed by atoms with van der Waals surface area (Å²) in [4.78, 5) is 22.8. The number of benzene rings is 4. The van der Waals surface area contributed by atoms with Crippen LogP contribution < -0.4 is 11.3 Å². The number of hydrogen-bond donors (Lipinski definition) is 1. The largest absolute Gasteiger partial charge is 0.399 e. The van der Waals surface area contributed by atoms with Crippen LogP contribution in [-0.2, 0) is 0 Å². The molecule has 0 fully saturated rings. The highest BCUT2D eigenvalue weighted by atomic mass is 35.5. The average Bonchev–Trinajstić information content (AvgIpc) is 2.85. The summed E-state index contributed by atoms with van der Waals surface area (Å²) < 4.78 is 1.62. The Hall–Kier alpha value is -4.22. The van der Waals surface area contributed by atoms with Gasteiger partial charge in [-0.25, -0.2) is 4.98 Å². The van der Waals surface area contributed by atoms with Gasteiger partial charge in [0.05, 0.1) is 22.3 Å². The molecular weight excluding hydrogens is 432 g/mol. The van der Waals surface area contributed by atoms with Crippen molar-refractivity contribution in [2.75, 3.05) is 5.73 Å². The van der Waals surface area contributed by atoms with E-state index in [4.69, 9.17) is 22.3 Å². The minimum atomic E-state index is -0.134. The van der Waals surface area contributed by atoms with Gasteiger partial charge in [0.2, 0.25) is 0 Å². The highest BCUT2D eigenvalue weighted by Gasteiger charge is 2.14. The molecule has 0 amide bonds. The molecular formula is C27H19ClN4O. The van der Waals surface area contributed by atoms with E-state index in [1.54, 1.807) is 29.0 Å².